The van der Waals surface area contributed by atoms with E-state index in [1.165, 1.54) is 83.2 Å². The van der Waals surface area contributed by atoms with Gasteiger partial charge in [-0.2, -0.15) is 0 Å². The number of hydrogen-bond acceptors (Lipinski definition) is 3. The Morgan fingerprint density at radius 1 is 0.920 bits per heavy atom. The molecule has 3 fully saturated rings. The van der Waals surface area contributed by atoms with Crippen molar-refractivity contribution in [1.82, 2.24) is 9.80 Å². The minimum atomic E-state index is 0.733. The van der Waals surface area contributed by atoms with E-state index in [0.717, 1.165) is 30.7 Å². The summed E-state index contributed by atoms with van der Waals surface area (Å²) < 4.78 is 5.97. The highest BCUT2D eigenvalue weighted by Crippen LogP contribution is 2.36. The summed E-state index contributed by atoms with van der Waals surface area (Å²) in [4.78, 5) is 5.31. The molecular weight excluding hydrogens is 308 g/mol. The molecule has 0 aliphatic carbocycles. The highest BCUT2D eigenvalue weighted by atomic mass is 16.5. The molecule has 0 amide bonds. The van der Waals surface area contributed by atoms with Crippen LogP contribution in [0.5, 0.6) is 5.75 Å². The van der Waals surface area contributed by atoms with Gasteiger partial charge in [0, 0.05) is 19.1 Å². The molecule has 0 radical (unpaired) electrons. The molecule has 3 saturated heterocycles. The maximum atomic E-state index is 5.97. The first-order valence-electron chi connectivity index (χ1n) is 10.6. The molecule has 0 N–H and O–H groups in total. The second kappa shape index (κ2) is 8.55. The third kappa shape index (κ3) is 4.57. The Bertz CT molecular complexity index is 509. The van der Waals surface area contributed by atoms with Gasteiger partial charge in [0.05, 0.1) is 6.61 Å². The van der Waals surface area contributed by atoms with Crippen LogP contribution in [0.3, 0.4) is 0 Å². The molecule has 0 spiro atoms. The molecule has 0 bridgehead atoms. The largest absolute Gasteiger partial charge is 0.494 e. The van der Waals surface area contributed by atoms with Crippen molar-refractivity contribution < 1.29 is 4.74 Å². The summed E-state index contributed by atoms with van der Waals surface area (Å²) in [5.41, 5.74) is 1.51. The smallest absolute Gasteiger partial charge is 0.119 e. The van der Waals surface area contributed by atoms with Crippen molar-refractivity contribution in [2.24, 2.45) is 0 Å². The van der Waals surface area contributed by atoms with Crippen molar-refractivity contribution in [3.8, 4) is 5.75 Å². The molecule has 0 saturated carbocycles. The number of likely N-dealkylation sites (tertiary alicyclic amines) is 1. The Hall–Kier alpha value is -1.06. The molecule has 3 nitrogen and oxygen atoms in total. The van der Waals surface area contributed by atoms with Gasteiger partial charge in [-0.3, -0.25) is 4.90 Å². The minimum Gasteiger partial charge on any atom is -0.494 e. The van der Waals surface area contributed by atoms with Crippen molar-refractivity contribution >= 4 is 0 Å². The van der Waals surface area contributed by atoms with Gasteiger partial charge in [0.2, 0.25) is 0 Å². The Labute approximate surface area is 153 Å². The second-order valence-corrected chi connectivity index (χ2v) is 8.25. The van der Waals surface area contributed by atoms with Crippen LogP contribution in [0.25, 0.3) is 0 Å². The van der Waals surface area contributed by atoms with Gasteiger partial charge in [-0.05, 0) is 81.8 Å². The molecule has 1 aromatic rings. The SMILES string of the molecule is c1cc([C@@H]2C[C@@H]3CCCCN3C2)ccc1OCCCN1CCCCC1. The number of fused-ring (bicyclic) bond motifs is 1. The lowest BCUT2D eigenvalue weighted by Gasteiger charge is -2.28. The van der Waals surface area contributed by atoms with Gasteiger partial charge in [0.25, 0.3) is 0 Å². The first-order chi connectivity index (χ1) is 12.4. The Balaban J connectivity index is 1.20. The molecule has 4 rings (SSSR count). The van der Waals surface area contributed by atoms with Crippen LogP contribution in [0.15, 0.2) is 24.3 Å². The summed E-state index contributed by atoms with van der Waals surface area (Å²) in [7, 11) is 0. The lowest BCUT2D eigenvalue weighted by molar-refractivity contribution is 0.197. The highest BCUT2D eigenvalue weighted by molar-refractivity contribution is 5.30. The predicted octanol–water partition coefficient (Wildman–Crippen LogP) is 4.28. The van der Waals surface area contributed by atoms with Gasteiger partial charge in [-0.15, -0.1) is 0 Å². The first kappa shape index (κ1) is 17.4. The van der Waals surface area contributed by atoms with E-state index in [2.05, 4.69) is 34.1 Å². The lowest BCUT2D eigenvalue weighted by Crippen LogP contribution is -2.33. The van der Waals surface area contributed by atoms with Crippen LogP contribution in [0.1, 0.15) is 62.8 Å². The van der Waals surface area contributed by atoms with Gasteiger partial charge in [-0.1, -0.05) is 25.0 Å². The molecule has 0 unspecified atom stereocenters. The average molecular weight is 343 g/mol. The van der Waals surface area contributed by atoms with E-state index >= 15 is 0 Å². The van der Waals surface area contributed by atoms with E-state index in [1.54, 1.807) is 0 Å². The molecule has 0 aromatic heterocycles. The van der Waals surface area contributed by atoms with Crippen molar-refractivity contribution in [2.75, 3.05) is 39.3 Å². The standard InChI is InChI=1S/C22H34N2O/c1-3-12-23(13-4-1)14-6-16-25-22-10-8-19(9-11-22)20-17-21-7-2-5-15-24(21)18-20/h8-11,20-21H,1-7,12-18H2/t20-,21+/m1/s1. The molecule has 3 aliphatic heterocycles. The fourth-order valence-corrected chi connectivity index (χ4v) is 4.99. The monoisotopic (exact) mass is 342 g/mol. The lowest BCUT2D eigenvalue weighted by atomic mass is 9.94. The van der Waals surface area contributed by atoms with Crippen LogP contribution >= 0.6 is 0 Å². The fourth-order valence-electron chi connectivity index (χ4n) is 4.99. The number of nitrogens with zero attached hydrogens (tertiary/aromatic N) is 2. The van der Waals surface area contributed by atoms with Gasteiger partial charge >= 0.3 is 0 Å². The van der Waals surface area contributed by atoms with E-state index in [-0.39, 0.29) is 0 Å². The van der Waals surface area contributed by atoms with Gasteiger partial charge < -0.3 is 9.64 Å². The molecular formula is C22H34N2O. The maximum absolute atomic E-state index is 5.97. The van der Waals surface area contributed by atoms with Gasteiger partial charge in [-0.25, -0.2) is 0 Å². The predicted molar refractivity (Wildman–Crippen MR) is 103 cm³/mol. The van der Waals surface area contributed by atoms with Gasteiger partial charge in [0.1, 0.15) is 5.75 Å². The second-order valence-electron chi connectivity index (χ2n) is 8.25. The zero-order chi connectivity index (χ0) is 16.9. The average Bonchev–Trinajstić information content (AvgIpc) is 3.11. The summed E-state index contributed by atoms with van der Waals surface area (Å²) >= 11 is 0. The molecule has 25 heavy (non-hydrogen) atoms. The maximum Gasteiger partial charge on any atom is 0.119 e. The molecule has 3 heteroatoms. The summed E-state index contributed by atoms with van der Waals surface area (Å²) in [6.07, 6.45) is 10.9. The molecule has 2 atom stereocenters. The summed E-state index contributed by atoms with van der Waals surface area (Å²) in [6, 6.07) is 9.84. The number of ether oxygens (including phenoxy) is 1. The quantitative estimate of drug-likeness (QED) is 0.718. The molecule has 138 valence electrons. The zero-order valence-electron chi connectivity index (χ0n) is 15.7. The topological polar surface area (TPSA) is 15.7 Å². The fraction of sp³-hybridized carbons (Fsp3) is 0.727. The zero-order valence-corrected chi connectivity index (χ0v) is 15.7. The van der Waals surface area contributed by atoms with Crippen LogP contribution in [0, 0.1) is 0 Å². The van der Waals surface area contributed by atoms with E-state index in [4.69, 9.17) is 4.74 Å². The van der Waals surface area contributed by atoms with Crippen molar-refractivity contribution in [2.45, 2.75) is 63.3 Å². The van der Waals surface area contributed by atoms with Gasteiger partial charge in [0.15, 0.2) is 0 Å². The summed E-state index contributed by atoms with van der Waals surface area (Å²) in [5, 5.41) is 0. The molecule has 1 aromatic carbocycles. The Morgan fingerprint density at radius 3 is 2.52 bits per heavy atom. The van der Waals surface area contributed by atoms with E-state index in [9.17, 15) is 0 Å². The summed E-state index contributed by atoms with van der Waals surface area (Å²) in [5.74, 6) is 1.77. The number of hydrogen-bond donors (Lipinski definition) is 0. The first-order valence-corrected chi connectivity index (χ1v) is 10.6. The number of piperidine rings is 2. The van der Waals surface area contributed by atoms with Crippen LogP contribution in [-0.4, -0.2) is 55.2 Å². The summed E-state index contributed by atoms with van der Waals surface area (Å²) in [6.45, 7) is 7.19. The minimum absolute atomic E-state index is 0.733. The molecule has 3 heterocycles. The van der Waals surface area contributed by atoms with Crippen molar-refractivity contribution in [3.05, 3.63) is 29.8 Å². The van der Waals surface area contributed by atoms with E-state index < -0.39 is 0 Å². The Kier molecular flexibility index (Phi) is 5.94. The Morgan fingerprint density at radius 2 is 1.72 bits per heavy atom. The van der Waals surface area contributed by atoms with Crippen molar-refractivity contribution in [1.29, 1.82) is 0 Å². The normalized spacial score (nSPS) is 28.0. The van der Waals surface area contributed by atoms with Crippen LogP contribution < -0.4 is 4.74 Å². The third-order valence-corrected chi connectivity index (χ3v) is 6.45. The van der Waals surface area contributed by atoms with E-state index in [0.29, 0.717) is 0 Å². The number of benzene rings is 1. The van der Waals surface area contributed by atoms with E-state index in [1.807, 2.05) is 0 Å². The van der Waals surface area contributed by atoms with Crippen molar-refractivity contribution in [3.63, 3.8) is 0 Å². The molecule has 3 aliphatic rings. The van der Waals surface area contributed by atoms with Crippen LogP contribution in [0.2, 0.25) is 0 Å². The van der Waals surface area contributed by atoms with Crippen LogP contribution in [-0.2, 0) is 0 Å². The van der Waals surface area contributed by atoms with Crippen LogP contribution in [0.4, 0.5) is 0 Å². The third-order valence-electron chi connectivity index (χ3n) is 6.45. The number of rotatable bonds is 6. The highest BCUT2D eigenvalue weighted by Gasteiger charge is 2.33.